The minimum atomic E-state index is -0.0535. The maximum atomic E-state index is 11.8. The molecular weight excluding hydrogens is 463 g/mol. The van der Waals surface area contributed by atoms with Crippen LogP contribution in [-0.4, -0.2) is 49.5 Å². The van der Waals surface area contributed by atoms with Crippen LogP contribution in [0.1, 0.15) is 39.2 Å². The second-order valence-electron chi connectivity index (χ2n) is 7.14. The fourth-order valence-electron chi connectivity index (χ4n) is 3.02. The summed E-state index contributed by atoms with van der Waals surface area (Å²) in [4.78, 5) is 18.0. The van der Waals surface area contributed by atoms with E-state index in [0.717, 1.165) is 37.0 Å². The number of aliphatic imine (C=N–C) groups is 1. The molecule has 7 heteroatoms. The topological polar surface area (TPSA) is 56.7 Å². The van der Waals surface area contributed by atoms with Gasteiger partial charge in [-0.05, 0) is 24.1 Å². The predicted octanol–water partition coefficient (Wildman–Crippen LogP) is 3.41. The average molecular weight is 493 g/mol. The largest absolute Gasteiger partial charge is 0.356 e. The summed E-state index contributed by atoms with van der Waals surface area (Å²) < 4.78 is 0. The van der Waals surface area contributed by atoms with E-state index in [2.05, 4.69) is 41.6 Å². The number of amides is 1. The highest BCUT2D eigenvalue weighted by Crippen LogP contribution is 2.23. The Morgan fingerprint density at radius 2 is 2.00 bits per heavy atom. The SMILES string of the molecule is CCC(=O)N1CCC(NC(=NC)NCC(C)(C)c2ccc(Cl)cc2)C1.I. The summed E-state index contributed by atoms with van der Waals surface area (Å²) in [5.74, 6) is 0.994. The Balaban J connectivity index is 0.00000338. The number of guanidine groups is 1. The van der Waals surface area contributed by atoms with Crippen molar-refractivity contribution < 1.29 is 4.79 Å². The van der Waals surface area contributed by atoms with Gasteiger partial charge in [-0.1, -0.05) is 44.5 Å². The van der Waals surface area contributed by atoms with Gasteiger partial charge in [0.2, 0.25) is 5.91 Å². The summed E-state index contributed by atoms with van der Waals surface area (Å²) in [5, 5.41) is 7.59. The van der Waals surface area contributed by atoms with E-state index in [0.29, 0.717) is 6.42 Å². The molecule has 1 aliphatic rings. The molecule has 2 rings (SSSR count). The van der Waals surface area contributed by atoms with Gasteiger partial charge in [0, 0.05) is 49.6 Å². The average Bonchev–Trinajstić information content (AvgIpc) is 3.06. The second-order valence-corrected chi connectivity index (χ2v) is 7.58. The Bertz CT molecular complexity index is 618. The zero-order chi connectivity index (χ0) is 18.4. The van der Waals surface area contributed by atoms with E-state index in [1.54, 1.807) is 7.05 Å². The maximum Gasteiger partial charge on any atom is 0.222 e. The lowest BCUT2D eigenvalue weighted by molar-refractivity contribution is -0.129. The van der Waals surface area contributed by atoms with Crippen molar-refractivity contribution in [1.29, 1.82) is 0 Å². The van der Waals surface area contributed by atoms with Gasteiger partial charge in [0.05, 0.1) is 0 Å². The van der Waals surface area contributed by atoms with Crippen LogP contribution in [0.15, 0.2) is 29.3 Å². The molecule has 0 spiro atoms. The molecule has 1 amide bonds. The van der Waals surface area contributed by atoms with Crippen molar-refractivity contribution in [2.45, 2.75) is 45.1 Å². The molecule has 1 fully saturated rings. The Labute approximate surface area is 179 Å². The van der Waals surface area contributed by atoms with E-state index in [1.165, 1.54) is 5.56 Å². The van der Waals surface area contributed by atoms with Crippen LogP contribution in [-0.2, 0) is 10.2 Å². The van der Waals surface area contributed by atoms with Crippen molar-refractivity contribution in [3.05, 3.63) is 34.9 Å². The summed E-state index contributed by atoms with van der Waals surface area (Å²) >= 11 is 5.98. The molecule has 1 aromatic carbocycles. The molecule has 26 heavy (non-hydrogen) atoms. The lowest BCUT2D eigenvalue weighted by Crippen LogP contribution is -2.48. The number of halogens is 2. The molecule has 0 aromatic heterocycles. The molecule has 2 N–H and O–H groups in total. The van der Waals surface area contributed by atoms with Crippen LogP contribution in [0.2, 0.25) is 5.02 Å². The fraction of sp³-hybridized carbons (Fsp3) is 0.579. The van der Waals surface area contributed by atoms with E-state index in [-0.39, 0.29) is 41.3 Å². The zero-order valence-electron chi connectivity index (χ0n) is 16.0. The lowest BCUT2D eigenvalue weighted by Gasteiger charge is -2.27. The molecule has 1 atom stereocenters. The monoisotopic (exact) mass is 492 g/mol. The van der Waals surface area contributed by atoms with Crippen molar-refractivity contribution in [2.24, 2.45) is 4.99 Å². The summed E-state index contributed by atoms with van der Waals surface area (Å²) in [5.41, 5.74) is 1.17. The van der Waals surface area contributed by atoms with Crippen molar-refractivity contribution in [2.75, 3.05) is 26.7 Å². The van der Waals surface area contributed by atoms with Crippen LogP contribution in [0.3, 0.4) is 0 Å². The van der Waals surface area contributed by atoms with Gasteiger partial charge in [-0.15, -0.1) is 24.0 Å². The second kappa shape index (κ2) is 10.3. The molecule has 0 bridgehead atoms. The molecule has 1 heterocycles. The highest BCUT2D eigenvalue weighted by Gasteiger charge is 2.26. The quantitative estimate of drug-likeness (QED) is 0.376. The van der Waals surface area contributed by atoms with Gasteiger partial charge in [-0.3, -0.25) is 9.79 Å². The number of nitrogens with one attached hydrogen (secondary N) is 2. The van der Waals surface area contributed by atoms with E-state index >= 15 is 0 Å². The van der Waals surface area contributed by atoms with Gasteiger partial charge < -0.3 is 15.5 Å². The lowest BCUT2D eigenvalue weighted by atomic mass is 9.85. The van der Waals surface area contributed by atoms with Crippen LogP contribution in [0.25, 0.3) is 0 Å². The van der Waals surface area contributed by atoms with Gasteiger partial charge in [0.1, 0.15) is 0 Å². The summed E-state index contributed by atoms with van der Waals surface area (Å²) in [6, 6.07) is 8.21. The third-order valence-corrected chi connectivity index (χ3v) is 4.98. The first kappa shape index (κ1) is 23.0. The van der Waals surface area contributed by atoms with Gasteiger partial charge in [0.15, 0.2) is 5.96 Å². The molecule has 0 aliphatic carbocycles. The van der Waals surface area contributed by atoms with Crippen LogP contribution >= 0.6 is 35.6 Å². The number of hydrogen-bond donors (Lipinski definition) is 2. The fourth-order valence-corrected chi connectivity index (χ4v) is 3.15. The molecule has 5 nitrogen and oxygen atoms in total. The number of hydrogen-bond acceptors (Lipinski definition) is 2. The highest BCUT2D eigenvalue weighted by molar-refractivity contribution is 14.0. The van der Waals surface area contributed by atoms with E-state index in [4.69, 9.17) is 11.6 Å². The highest BCUT2D eigenvalue weighted by atomic mass is 127. The summed E-state index contributed by atoms with van der Waals surface area (Å²) in [6.45, 7) is 8.59. The summed E-state index contributed by atoms with van der Waals surface area (Å²) in [6.07, 6.45) is 1.52. The Hall–Kier alpha value is -1.02. The summed E-state index contributed by atoms with van der Waals surface area (Å²) in [7, 11) is 1.77. The first-order valence-electron chi connectivity index (χ1n) is 8.86. The Morgan fingerprint density at radius 1 is 1.35 bits per heavy atom. The van der Waals surface area contributed by atoms with Crippen molar-refractivity contribution in [3.8, 4) is 0 Å². The molecule has 1 aliphatic heterocycles. The number of benzene rings is 1. The Kier molecular flexibility index (Phi) is 9.16. The molecule has 1 saturated heterocycles. The molecule has 146 valence electrons. The van der Waals surface area contributed by atoms with E-state index in [9.17, 15) is 4.79 Å². The first-order chi connectivity index (χ1) is 11.9. The van der Waals surface area contributed by atoms with Gasteiger partial charge in [0.25, 0.3) is 0 Å². The van der Waals surface area contributed by atoms with Crippen molar-refractivity contribution in [1.82, 2.24) is 15.5 Å². The third kappa shape index (κ3) is 6.30. The van der Waals surface area contributed by atoms with Crippen molar-refractivity contribution >= 4 is 47.4 Å². The smallest absolute Gasteiger partial charge is 0.222 e. The number of likely N-dealkylation sites (tertiary alicyclic amines) is 1. The van der Waals surface area contributed by atoms with Crippen LogP contribution < -0.4 is 10.6 Å². The minimum absolute atomic E-state index is 0. The van der Waals surface area contributed by atoms with Crippen LogP contribution in [0.4, 0.5) is 0 Å². The normalized spacial score (nSPS) is 17.7. The van der Waals surface area contributed by atoms with Gasteiger partial charge >= 0.3 is 0 Å². The molecular formula is C19H30ClIN4O. The molecule has 0 radical (unpaired) electrons. The third-order valence-electron chi connectivity index (χ3n) is 4.73. The van der Waals surface area contributed by atoms with Gasteiger partial charge in [-0.25, -0.2) is 0 Å². The minimum Gasteiger partial charge on any atom is -0.356 e. The zero-order valence-corrected chi connectivity index (χ0v) is 19.1. The van der Waals surface area contributed by atoms with E-state index < -0.39 is 0 Å². The number of rotatable bonds is 5. The molecule has 0 saturated carbocycles. The number of nitrogens with zero attached hydrogens (tertiary/aromatic N) is 2. The Morgan fingerprint density at radius 3 is 2.58 bits per heavy atom. The van der Waals surface area contributed by atoms with Crippen molar-refractivity contribution in [3.63, 3.8) is 0 Å². The van der Waals surface area contributed by atoms with Crippen LogP contribution in [0.5, 0.6) is 0 Å². The number of carbonyl (C=O) groups is 1. The molecule has 1 unspecified atom stereocenters. The predicted molar refractivity (Wildman–Crippen MR) is 120 cm³/mol. The first-order valence-corrected chi connectivity index (χ1v) is 9.24. The number of carbonyl (C=O) groups excluding carboxylic acids is 1. The molecule has 1 aromatic rings. The maximum absolute atomic E-state index is 11.8. The van der Waals surface area contributed by atoms with Crippen LogP contribution in [0, 0.1) is 0 Å². The van der Waals surface area contributed by atoms with E-state index in [1.807, 2.05) is 24.0 Å². The van der Waals surface area contributed by atoms with Gasteiger partial charge in [-0.2, -0.15) is 0 Å². The standard InChI is InChI=1S/C19H29ClN4O.HI/c1-5-17(25)24-11-10-16(12-24)23-18(21-4)22-13-19(2,3)14-6-8-15(20)9-7-14;/h6-9,16H,5,10-13H2,1-4H3,(H2,21,22,23);1H.